The van der Waals surface area contributed by atoms with Crippen LogP contribution in [0.5, 0.6) is 0 Å². The van der Waals surface area contributed by atoms with Crippen LogP contribution in [-0.4, -0.2) is 18.1 Å². The van der Waals surface area contributed by atoms with Gasteiger partial charge in [-0.05, 0) is 56.2 Å². The first-order chi connectivity index (χ1) is 12.6. The number of piperidine rings is 1. The SMILES string of the molecule is Cc1ccc(C#N)c(N2CCC(=CC#Cc3cc(F)ccc3F)CC2)n1. The summed E-state index contributed by atoms with van der Waals surface area (Å²) < 4.78 is 26.7. The van der Waals surface area contributed by atoms with Gasteiger partial charge in [-0.3, -0.25) is 0 Å². The number of halogens is 2. The molecule has 1 fully saturated rings. The Morgan fingerprint density at radius 3 is 2.62 bits per heavy atom. The molecule has 0 bridgehead atoms. The molecule has 0 radical (unpaired) electrons. The molecule has 3 nitrogen and oxygen atoms in total. The lowest BCUT2D eigenvalue weighted by Crippen LogP contribution is -2.32. The molecule has 1 aromatic heterocycles. The summed E-state index contributed by atoms with van der Waals surface area (Å²) in [5, 5.41) is 9.25. The molecule has 3 rings (SSSR count). The van der Waals surface area contributed by atoms with Crippen molar-refractivity contribution in [3.8, 4) is 17.9 Å². The van der Waals surface area contributed by atoms with Crippen LogP contribution in [0.2, 0.25) is 0 Å². The van der Waals surface area contributed by atoms with Gasteiger partial charge >= 0.3 is 0 Å². The molecule has 2 aromatic rings. The molecule has 0 atom stereocenters. The van der Waals surface area contributed by atoms with Crippen molar-refractivity contribution in [3.05, 3.63) is 70.4 Å². The van der Waals surface area contributed by atoms with Crippen LogP contribution in [0, 0.1) is 41.7 Å². The Bertz CT molecular complexity index is 951. The van der Waals surface area contributed by atoms with Gasteiger partial charge in [0.2, 0.25) is 0 Å². The van der Waals surface area contributed by atoms with Crippen LogP contribution in [-0.2, 0) is 0 Å². The molecular weight excluding hydrogens is 332 g/mol. The molecule has 0 amide bonds. The third-order valence-electron chi connectivity index (χ3n) is 4.25. The minimum Gasteiger partial charge on any atom is -0.355 e. The highest BCUT2D eigenvalue weighted by Crippen LogP contribution is 2.24. The maximum Gasteiger partial charge on any atom is 0.146 e. The fourth-order valence-electron chi connectivity index (χ4n) is 2.83. The standard InChI is InChI=1S/C21H17F2N3/c1-15-5-6-18(14-24)21(25-15)26-11-9-16(10-12-26)3-2-4-17-13-19(22)7-8-20(17)23/h3,5-8,13H,9-12H2,1H3. The summed E-state index contributed by atoms with van der Waals surface area (Å²) in [4.78, 5) is 6.59. The first kappa shape index (κ1) is 17.6. The summed E-state index contributed by atoms with van der Waals surface area (Å²) in [5.41, 5.74) is 2.66. The van der Waals surface area contributed by atoms with Crippen LogP contribution in [0.1, 0.15) is 29.7 Å². The number of hydrogen-bond acceptors (Lipinski definition) is 3. The van der Waals surface area contributed by atoms with E-state index < -0.39 is 11.6 Å². The lowest BCUT2D eigenvalue weighted by molar-refractivity contribution is 0.597. The summed E-state index contributed by atoms with van der Waals surface area (Å²) in [6.45, 7) is 3.39. The summed E-state index contributed by atoms with van der Waals surface area (Å²) in [5.74, 6) is 5.17. The lowest BCUT2D eigenvalue weighted by atomic mass is 10.0. The van der Waals surface area contributed by atoms with Gasteiger partial charge in [0.15, 0.2) is 0 Å². The van der Waals surface area contributed by atoms with Crippen LogP contribution in [0.4, 0.5) is 14.6 Å². The number of aryl methyl sites for hydroxylation is 1. The molecule has 26 heavy (non-hydrogen) atoms. The Morgan fingerprint density at radius 2 is 1.88 bits per heavy atom. The molecule has 0 unspecified atom stereocenters. The van der Waals surface area contributed by atoms with Crippen LogP contribution < -0.4 is 4.90 Å². The Balaban J connectivity index is 1.69. The van der Waals surface area contributed by atoms with E-state index in [0.717, 1.165) is 61.2 Å². The number of anilines is 1. The van der Waals surface area contributed by atoms with E-state index in [-0.39, 0.29) is 5.56 Å². The summed E-state index contributed by atoms with van der Waals surface area (Å²) in [6.07, 6.45) is 3.36. The third-order valence-corrected chi connectivity index (χ3v) is 4.25. The predicted octanol–water partition coefficient (Wildman–Crippen LogP) is 4.12. The highest BCUT2D eigenvalue weighted by Gasteiger charge is 2.18. The fourth-order valence-corrected chi connectivity index (χ4v) is 2.83. The van der Waals surface area contributed by atoms with E-state index in [4.69, 9.17) is 0 Å². The molecule has 0 saturated carbocycles. The Kier molecular flexibility index (Phi) is 5.29. The van der Waals surface area contributed by atoms with E-state index >= 15 is 0 Å². The normalized spacial score (nSPS) is 13.6. The molecule has 0 N–H and O–H groups in total. The van der Waals surface area contributed by atoms with Gasteiger partial charge in [-0.25, -0.2) is 13.8 Å². The van der Waals surface area contributed by atoms with E-state index in [0.29, 0.717) is 5.56 Å². The largest absolute Gasteiger partial charge is 0.355 e. The molecule has 130 valence electrons. The van der Waals surface area contributed by atoms with Gasteiger partial charge in [0.05, 0.1) is 11.1 Å². The molecule has 0 spiro atoms. The Hall–Kier alpha value is -3.18. The van der Waals surface area contributed by atoms with Crippen molar-refractivity contribution in [1.82, 2.24) is 4.98 Å². The number of pyridine rings is 1. The predicted molar refractivity (Wildman–Crippen MR) is 96.5 cm³/mol. The van der Waals surface area contributed by atoms with Crippen LogP contribution in [0.3, 0.4) is 0 Å². The van der Waals surface area contributed by atoms with Gasteiger partial charge in [-0.15, -0.1) is 0 Å². The minimum absolute atomic E-state index is 0.0573. The van der Waals surface area contributed by atoms with Crippen molar-refractivity contribution in [2.45, 2.75) is 19.8 Å². The van der Waals surface area contributed by atoms with Gasteiger partial charge in [0.1, 0.15) is 23.5 Å². The molecule has 1 aliphatic heterocycles. The number of nitrogens with zero attached hydrogens (tertiary/aromatic N) is 3. The molecule has 1 saturated heterocycles. The van der Waals surface area contributed by atoms with Crippen molar-refractivity contribution in [3.63, 3.8) is 0 Å². The molecule has 5 heteroatoms. The van der Waals surface area contributed by atoms with E-state index in [1.54, 1.807) is 12.1 Å². The number of benzene rings is 1. The molecule has 0 aliphatic carbocycles. The zero-order valence-corrected chi connectivity index (χ0v) is 14.4. The number of hydrogen-bond donors (Lipinski definition) is 0. The second-order valence-electron chi connectivity index (χ2n) is 6.12. The first-order valence-corrected chi connectivity index (χ1v) is 8.34. The van der Waals surface area contributed by atoms with Gasteiger partial charge in [-0.1, -0.05) is 17.4 Å². The quantitative estimate of drug-likeness (QED) is 0.727. The van der Waals surface area contributed by atoms with Gasteiger partial charge in [0.25, 0.3) is 0 Å². The Morgan fingerprint density at radius 1 is 1.12 bits per heavy atom. The summed E-state index contributed by atoms with van der Waals surface area (Å²) in [7, 11) is 0. The zero-order valence-electron chi connectivity index (χ0n) is 14.4. The van der Waals surface area contributed by atoms with Crippen molar-refractivity contribution in [2.75, 3.05) is 18.0 Å². The van der Waals surface area contributed by atoms with E-state index in [9.17, 15) is 14.0 Å². The fraction of sp³-hybridized carbons (Fsp3) is 0.238. The van der Waals surface area contributed by atoms with Crippen molar-refractivity contribution in [1.29, 1.82) is 5.26 Å². The number of allylic oxidation sites excluding steroid dienone is 1. The van der Waals surface area contributed by atoms with Gasteiger partial charge in [-0.2, -0.15) is 5.26 Å². The van der Waals surface area contributed by atoms with Crippen molar-refractivity contribution in [2.24, 2.45) is 0 Å². The minimum atomic E-state index is -0.526. The second-order valence-corrected chi connectivity index (χ2v) is 6.12. The van der Waals surface area contributed by atoms with Crippen LogP contribution in [0.15, 0.2) is 42.0 Å². The summed E-state index contributed by atoms with van der Waals surface area (Å²) >= 11 is 0. The number of nitriles is 1. The lowest BCUT2D eigenvalue weighted by Gasteiger charge is -2.30. The number of rotatable bonds is 1. The topological polar surface area (TPSA) is 39.9 Å². The smallest absolute Gasteiger partial charge is 0.146 e. The zero-order chi connectivity index (χ0) is 18.5. The maximum atomic E-state index is 13.5. The number of aromatic nitrogens is 1. The molecule has 1 aromatic carbocycles. The molecule has 2 heterocycles. The highest BCUT2D eigenvalue weighted by molar-refractivity contribution is 5.55. The van der Waals surface area contributed by atoms with Crippen LogP contribution >= 0.6 is 0 Å². The molecular formula is C21H17F2N3. The average molecular weight is 349 g/mol. The van der Waals surface area contributed by atoms with Crippen molar-refractivity contribution < 1.29 is 8.78 Å². The van der Waals surface area contributed by atoms with E-state index in [1.165, 1.54) is 0 Å². The highest BCUT2D eigenvalue weighted by atomic mass is 19.1. The molecule has 1 aliphatic rings. The van der Waals surface area contributed by atoms with Crippen LogP contribution in [0.25, 0.3) is 0 Å². The van der Waals surface area contributed by atoms with Crippen molar-refractivity contribution >= 4 is 5.82 Å². The maximum absolute atomic E-state index is 13.5. The second kappa shape index (κ2) is 7.80. The van der Waals surface area contributed by atoms with E-state index in [1.807, 2.05) is 13.0 Å². The summed E-state index contributed by atoms with van der Waals surface area (Å²) in [6, 6.07) is 9.05. The van der Waals surface area contributed by atoms with Gasteiger partial charge < -0.3 is 4.90 Å². The monoisotopic (exact) mass is 349 g/mol. The first-order valence-electron chi connectivity index (χ1n) is 8.34. The van der Waals surface area contributed by atoms with Gasteiger partial charge in [0, 0.05) is 18.8 Å². The third kappa shape index (κ3) is 4.07. The van der Waals surface area contributed by atoms with E-state index in [2.05, 4.69) is 27.8 Å². The average Bonchev–Trinajstić information content (AvgIpc) is 2.65. The Labute approximate surface area is 151 Å².